The molecule has 118 heavy (non-hydrogen) atoms. The van der Waals surface area contributed by atoms with E-state index in [1.54, 1.807) is 0 Å². The number of nitrogens with one attached hydrogen (secondary N) is 6. The highest BCUT2D eigenvalue weighted by molar-refractivity contribution is 5.87. The number of amides is 6. The van der Waals surface area contributed by atoms with Crippen LogP contribution in [0, 0.1) is 0 Å². The van der Waals surface area contributed by atoms with Gasteiger partial charge in [0, 0.05) is 77.7 Å². The molecule has 0 bridgehead atoms. The predicted octanol–water partition coefficient (Wildman–Crippen LogP) is -11.0. The number of aliphatic hydroxyl groups is 20. The SMILES string of the molecule is CCCC(=O)CCCCC(=O)NCCO[C@H]1O[C@H](CO[C@H]2O[C@H](CO)[C@@H](O)[C@H](O)[C@@H]2O)[C@@H](O)[C@H](O)[C@@H]1O.CCNC(=O)CCCCCCC(=O)N[C@@H](CCCCNC(=O)CCCCC(=O)NCCO[C@@H]1O[C@@H](C)[C@@H](O)[C@@H](O)[C@@H]1O)C(=O)NCCO[C@H]1O[C@H](CO[C@H]2O[C@H](CO)[C@@H](O)[C@H](O)[C@@H]2O)[C@@H](O)[C@H](O[C@H]2O[C@H](CO)[C@@H](O)[C@H](O)[C@@H]2O)[C@@H]1O. The maximum Gasteiger partial charge on any atom is 0.242 e. The monoisotopic (exact) mass is 1710 g/mol. The molecule has 6 rings (SSSR count). The number of aliphatic hydroxyl groups excluding tert-OH is 20. The minimum Gasteiger partial charge on any atom is -0.394 e. The van der Waals surface area contributed by atoms with Gasteiger partial charge in [-0.25, -0.2) is 0 Å². The number of ether oxygens (including phenoxy) is 12. The molecule has 6 amide bonds. The van der Waals surface area contributed by atoms with Crippen molar-refractivity contribution in [2.24, 2.45) is 0 Å². The molecule has 26 N–H and O–H groups in total. The van der Waals surface area contributed by atoms with Gasteiger partial charge in [-0.2, -0.15) is 0 Å². The Kier molecular flexibility index (Phi) is 48.1. The summed E-state index contributed by atoms with van der Waals surface area (Å²) in [4.78, 5) is 86.8. The van der Waals surface area contributed by atoms with Crippen molar-refractivity contribution >= 4 is 41.2 Å². The molecule has 6 aliphatic rings. The van der Waals surface area contributed by atoms with E-state index in [-0.39, 0.29) is 108 Å². The Bertz CT molecular complexity index is 2890. The van der Waals surface area contributed by atoms with Crippen LogP contribution in [0.4, 0.5) is 0 Å². The Morgan fingerprint density at radius 2 is 0.669 bits per heavy atom. The number of hydrogen-bond acceptors (Lipinski definition) is 39. The van der Waals surface area contributed by atoms with E-state index >= 15 is 0 Å². The van der Waals surface area contributed by atoms with Crippen LogP contribution in [0.25, 0.3) is 0 Å². The van der Waals surface area contributed by atoms with Gasteiger partial charge < -0.3 is 191 Å². The number of ketones is 1. The normalized spacial score (nSPS) is 35.2. The highest BCUT2D eigenvalue weighted by Crippen LogP contribution is 2.33. The van der Waals surface area contributed by atoms with E-state index in [1.807, 2.05) is 13.8 Å². The topological polar surface area (TPSA) is 707 Å². The van der Waals surface area contributed by atoms with Crippen LogP contribution in [0.5, 0.6) is 0 Å². The van der Waals surface area contributed by atoms with E-state index in [2.05, 4.69) is 31.9 Å². The maximum atomic E-state index is 13.6. The van der Waals surface area contributed by atoms with E-state index < -0.39 is 235 Å². The first-order valence-corrected chi connectivity index (χ1v) is 40.4. The largest absolute Gasteiger partial charge is 0.394 e. The van der Waals surface area contributed by atoms with E-state index in [4.69, 9.17) is 56.8 Å². The van der Waals surface area contributed by atoms with Crippen LogP contribution in [0.3, 0.4) is 0 Å². The molecule has 0 saturated carbocycles. The summed E-state index contributed by atoms with van der Waals surface area (Å²) in [7, 11) is 0. The van der Waals surface area contributed by atoms with Crippen molar-refractivity contribution in [2.75, 3.05) is 85.6 Å². The molecule has 6 saturated heterocycles. The zero-order valence-electron chi connectivity index (χ0n) is 66.7. The molecule has 686 valence electrons. The van der Waals surface area contributed by atoms with Crippen molar-refractivity contribution in [1.82, 2.24) is 31.9 Å². The third-order valence-electron chi connectivity index (χ3n) is 20.4. The molecule has 6 heterocycles. The first-order valence-electron chi connectivity index (χ1n) is 40.4. The van der Waals surface area contributed by atoms with Gasteiger partial charge in [0.1, 0.15) is 152 Å². The lowest BCUT2D eigenvalue weighted by atomic mass is 9.96. The minimum absolute atomic E-state index is 0.0296. The smallest absolute Gasteiger partial charge is 0.242 e. The molecule has 6 aliphatic heterocycles. The van der Waals surface area contributed by atoms with E-state index in [0.29, 0.717) is 90.0 Å². The molecular formula is C73H130N6O39. The number of hydrogen-bond donors (Lipinski definition) is 26. The first kappa shape index (κ1) is 104. The second-order valence-corrected chi connectivity index (χ2v) is 29.7. The summed E-state index contributed by atoms with van der Waals surface area (Å²) in [5, 5.41) is 220. The zero-order valence-corrected chi connectivity index (χ0v) is 66.7. The minimum atomic E-state index is -1.97. The molecule has 45 heteroatoms. The molecule has 0 aromatic carbocycles. The van der Waals surface area contributed by atoms with Gasteiger partial charge in [-0.05, 0) is 78.1 Å². The first-order chi connectivity index (χ1) is 56.2. The average molecular weight is 1720 g/mol. The Hall–Kier alpha value is -4.79. The second-order valence-electron chi connectivity index (χ2n) is 29.7. The summed E-state index contributed by atoms with van der Waals surface area (Å²) in [6.07, 6.45) is -39.1. The maximum absolute atomic E-state index is 13.6. The molecule has 6 fully saturated rings. The zero-order chi connectivity index (χ0) is 87.3. The van der Waals surface area contributed by atoms with Crippen molar-refractivity contribution in [3.05, 3.63) is 0 Å². The molecular weight excluding hydrogens is 1580 g/mol. The highest BCUT2D eigenvalue weighted by Gasteiger charge is 2.54. The fourth-order valence-corrected chi connectivity index (χ4v) is 13.3. The number of rotatable bonds is 50. The van der Waals surface area contributed by atoms with E-state index in [9.17, 15) is 136 Å². The van der Waals surface area contributed by atoms with Crippen LogP contribution in [-0.2, 0) is 90.4 Å². The van der Waals surface area contributed by atoms with Gasteiger partial charge in [0.05, 0.1) is 59.0 Å². The highest BCUT2D eigenvalue weighted by atomic mass is 16.8. The van der Waals surface area contributed by atoms with Crippen molar-refractivity contribution < 1.29 is 193 Å². The van der Waals surface area contributed by atoms with Crippen LogP contribution in [-0.4, -0.2) is 419 Å². The Morgan fingerprint density at radius 3 is 1.12 bits per heavy atom. The molecule has 45 nitrogen and oxygen atoms in total. The molecule has 0 aromatic rings. The van der Waals surface area contributed by atoms with Gasteiger partial charge in [-0.3, -0.25) is 33.6 Å². The number of unbranched alkanes of at least 4 members (excludes halogenated alkanes) is 6. The standard InChI is InChI=1S/C50H89N5O26.C23H41NO13/c1-3-51-30(58)13-6-4-5-7-16-33(61)55-26(12-10-11-17-52-31(59)14-8-9-15-32(60)53-18-20-74-47-41(69)38(66)34(62)25(2)77-47)46(73)54-19-21-75-49-44(72)45(81-50-43(71)40(68)36(64)28(23-57)79-50)37(65)29(80-49)24-76-48-42(70)39(67)35(63)27(22-56)78-48;1-2-5-12(26)6-3-4-7-15(27)24-8-9-34-22-20(32)19(31)17(29)14(37-22)11-35-23-21(33)18(30)16(28)13(10-25)36-23/h25-29,34-45,47-50,56-57,62-72H,3-24H2,1-2H3,(H,51,58)(H,52,59)(H,53,60)(H,54,73)(H,55,61);13-14,16-23,25,28-33H,2-11H2,1H3,(H,24,27)/t25-,26-,27+,28+,29+,34+,35+,36+,37+,38+,39-,40-,41-,42-,43-,44-,45-,47+,48-,49-,50+;13-,14-,16-,17-,18+,19+,20+,21+,22+,23+/m01/s1. The van der Waals surface area contributed by atoms with Crippen molar-refractivity contribution in [3.8, 4) is 0 Å². The molecule has 0 radical (unpaired) electrons. The predicted molar refractivity (Wildman–Crippen MR) is 397 cm³/mol. The van der Waals surface area contributed by atoms with Crippen LogP contribution < -0.4 is 31.9 Å². The lowest BCUT2D eigenvalue weighted by Crippen LogP contribution is -2.65. The third kappa shape index (κ3) is 33.4. The fourth-order valence-electron chi connectivity index (χ4n) is 13.3. The second kappa shape index (κ2) is 54.7. The Balaban J connectivity index is 0.000000557. The number of carbonyl (C=O) groups excluding carboxylic acids is 7. The third-order valence-corrected chi connectivity index (χ3v) is 20.4. The lowest BCUT2D eigenvalue weighted by molar-refractivity contribution is -0.366. The Labute approximate surface area is 682 Å². The average Bonchev–Trinajstić information content (AvgIpc) is 0.780. The summed E-state index contributed by atoms with van der Waals surface area (Å²) >= 11 is 0. The number of Topliss-reactive ketones (excluding diaryl/α,β-unsaturated/α-hetero) is 1. The van der Waals surface area contributed by atoms with Crippen molar-refractivity contribution in [1.29, 1.82) is 0 Å². The molecule has 31 atom stereocenters. The number of carbonyl (C=O) groups is 7. The fraction of sp³-hybridized carbons (Fsp3) is 0.904. The van der Waals surface area contributed by atoms with Crippen molar-refractivity contribution in [2.45, 2.75) is 333 Å². The van der Waals surface area contributed by atoms with Crippen LogP contribution in [0.1, 0.15) is 143 Å². The summed E-state index contributed by atoms with van der Waals surface area (Å²) in [5.74, 6) is -1.66. The summed E-state index contributed by atoms with van der Waals surface area (Å²) in [5.41, 5.74) is 0. The quantitative estimate of drug-likeness (QED) is 0.0252. The summed E-state index contributed by atoms with van der Waals surface area (Å²) in [6, 6.07) is -1.05. The van der Waals surface area contributed by atoms with Crippen LogP contribution in [0.2, 0.25) is 0 Å². The molecule has 0 spiro atoms. The molecule has 0 unspecified atom stereocenters. The molecule has 0 aromatic heterocycles. The van der Waals surface area contributed by atoms with E-state index in [0.717, 1.165) is 6.42 Å². The summed E-state index contributed by atoms with van der Waals surface area (Å²) in [6.45, 7) is 2.06. The lowest BCUT2D eigenvalue weighted by Gasteiger charge is -2.46. The van der Waals surface area contributed by atoms with Gasteiger partial charge >= 0.3 is 0 Å². The van der Waals surface area contributed by atoms with Gasteiger partial charge in [0.2, 0.25) is 35.4 Å². The van der Waals surface area contributed by atoms with Crippen LogP contribution in [0.15, 0.2) is 0 Å². The van der Waals surface area contributed by atoms with E-state index in [1.165, 1.54) is 6.92 Å². The van der Waals surface area contributed by atoms with Gasteiger partial charge in [0.25, 0.3) is 0 Å². The molecule has 0 aliphatic carbocycles. The van der Waals surface area contributed by atoms with Gasteiger partial charge in [-0.15, -0.1) is 0 Å². The van der Waals surface area contributed by atoms with Gasteiger partial charge in [0.15, 0.2) is 37.7 Å². The Morgan fingerprint density at radius 1 is 0.322 bits per heavy atom. The summed E-state index contributed by atoms with van der Waals surface area (Å²) < 4.78 is 65.9. The van der Waals surface area contributed by atoms with Crippen molar-refractivity contribution in [3.63, 3.8) is 0 Å². The van der Waals surface area contributed by atoms with Crippen LogP contribution >= 0.6 is 0 Å². The van der Waals surface area contributed by atoms with Gasteiger partial charge in [-0.1, -0.05) is 19.8 Å².